The van der Waals surface area contributed by atoms with Crippen molar-refractivity contribution in [3.05, 3.63) is 0 Å². The number of rotatable bonds is 6. The van der Waals surface area contributed by atoms with E-state index in [1.54, 1.807) is 4.90 Å². The van der Waals surface area contributed by atoms with Gasteiger partial charge in [-0.3, -0.25) is 0 Å². The van der Waals surface area contributed by atoms with Crippen LogP contribution in [-0.4, -0.2) is 54.5 Å². The first kappa shape index (κ1) is 15.2. The second kappa shape index (κ2) is 8.32. The molecule has 1 aliphatic heterocycles. The molecule has 0 aromatic carbocycles. The Kier molecular flexibility index (Phi) is 7.05. The van der Waals surface area contributed by atoms with Gasteiger partial charge in [0.15, 0.2) is 0 Å². The molecule has 1 aliphatic rings. The first-order chi connectivity index (χ1) is 8.71. The molecule has 0 aliphatic carbocycles. The molecule has 1 fully saturated rings. The van der Waals surface area contributed by atoms with E-state index in [9.17, 15) is 4.79 Å². The number of likely N-dealkylation sites (tertiary alicyclic amines) is 1. The maximum absolute atomic E-state index is 11.5. The average Bonchev–Trinajstić information content (AvgIpc) is 2.39. The number of nitrogens with one attached hydrogen (secondary N) is 1. The molecule has 1 amide bonds. The van der Waals surface area contributed by atoms with Crippen LogP contribution in [0.1, 0.15) is 39.5 Å². The molecule has 5 nitrogen and oxygen atoms in total. The van der Waals surface area contributed by atoms with Crippen molar-refractivity contribution in [1.82, 2.24) is 10.2 Å². The molecule has 0 saturated carbocycles. The van der Waals surface area contributed by atoms with Crippen LogP contribution >= 0.6 is 0 Å². The van der Waals surface area contributed by atoms with Gasteiger partial charge < -0.3 is 20.1 Å². The van der Waals surface area contributed by atoms with Crippen LogP contribution in [0.3, 0.4) is 0 Å². The number of aliphatic hydroxyl groups excluding tert-OH is 1. The summed E-state index contributed by atoms with van der Waals surface area (Å²) < 4.78 is 4.99. The highest BCUT2D eigenvalue weighted by Crippen LogP contribution is 2.13. The molecule has 1 heterocycles. The summed E-state index contributed by atoms with van der Waals surface area (Å²) in [7, 11) is 0. The topological polar surface area (TPSA) is 61.8 Å². The standard InChI is InChI=1S/C13H26N2O3/c1-3-11(7-10-16)14-12-5-8-15(9-6-12)13(17)18-4-2/h11-12,14,16H,3-10H2,1-2H3. The zero-order valence-corrected chi connectivity index (χ0v) is 11.5. The zero-order chi connectivity index (χ0) is 13.4. The maximum atomic E-state index is 11.5. The highest BCUT2D eigenvalue weighted by atomic mass is 16.6. The molecular weight excluding hydrogens is 232 g/mol. The second-order valence-corrected chi connectivity index (χ2v) is 4.74. The van der Waals surface area contributed by atoms with E-state index < -0.39 is 0 Å². The third-order valence-electron chi connectivity index (χ3n) is 3.46. The number of amides is 1. The van der Waals surface area contributed by atoms with E-state index in [1.807, 2.05) is 6.92 Å². The fraction of sp³-hybridized carbons (Fsp3) is 0.923. The third kappa shape index (κ3) is 4.82. The van der Waals surface area contributed by atoms with E-state index in [0.717, 1.165) is 38.8 Å². The quantitative estimate of drug-likeness (QED) is 0.755. The Bertz CT molecular complexity index is 240. The SMILES string of the molecule is CCOC(=O)N1CCC(NC(CC)CCO)CC1. The van der Waals surface area contributed by atoms with Gasteiger partial charge in [-0.15, -0.1) is 0 Å². The van der Waals surface area contributed by atoms with Crippen molar-refractivity contribution in [2.45, 2.75) is 51.6 Å². The number of nitrogens with zero attached hydrogens (tertiary/aromatic N) is 1. The van der Waals surface area contributed by atoms with Gasteiger partial charge in [0.05, 0.1) is 6.61 Å². The zero-order valence-electron chi connectivity index (χ0n) is 11.5. The Labute approximate surface area is 109 Å². The molecule has 0 spiro atoms. The summed E-state index contributed by atoms with van der Waals surface area (Å²) in [6.45, 7) is 6.13. The van der Waals surface area contributed by atoms with Gasteiger partial charge in [-0.2, -0.15) is 0 Å². The Morgan fingerprint density at radius 1 is 1.44 bits per heavy atom. The van der Waals surface area contributed by atoms with Gasteiger partial charge in [-0.25, -0.2) is 4.79 Å². The number of hydrogen-bond acceptors (Lipinski definition) is 4. The van der Waals surface area contributed by atoms with Gasteiger partial charge in [0.25, 0.3) is 0 Å². The van der Waals surface area contributed by atoms with E-state index in [0.29, 0.717) is 18.7 Å². The van der Waals surface area contributed by atoms with Crippen molar-refractivity contribution in [3.8, 4) is 0 Å². The van der Waals surface area contributed by atoms with Crippen molar-refractivity contribution in [3.63, 3.8) is 0 Å². The smallest absolute Gasteiger partial charge is 0.409 e. The Morgan fingerprint density at radius 2 is 2.11 bits per heavy atom. The molecule has 106 valence electrons. The van der Waals surface area contributed by atoms with Crippen molar-refractivity contribution in [2.24, 2.45) is 0 Å². The van der Waals surface area contributed by atoms with Crippen molar-refractivity contribution in [1.29, 1.82) is 0 Å². The van der Waals surface area contributed by atoms with Gasteiger partial charge in [0.1, 0.15) is 0 Å². The Balaban J connectivity index is 2.28. The van der Waals surface area contributed by atoms with Gasteiger partial charge in [0.2, 0.25) is 0 Å². The van der Waals surface area contributed by atoms with Crippen LogP contribution in [0.5, 0.6) is 0 Å². The van der Waals surface area contributed by atoms with Gasteiger partial charge in [-0.05, 0) is 32.6 Å². The molecule has 1 rings (SSSR count). The number of ether oxygens (including phenoxy) is 1. The van der Waals surface area contributed by atoms with E-state index in [1.165, 1.54) is 0 Å². The fourth-order valence-electron chi connectivity index (χ4n) is 2.34. The molecule has 1 saturated heterocycles. The minimum absolute atomic E-state index is 0.196. The monoisotopic (exact) mass is 258 g/mol. The van der Waals surface area contributed by atoms with E-state index in [-0.39, 0.29) is 12.7 Å². The van der Waals surface area contributed by atoms with Crippen LogP contribution in [-0.2, 0) is 4.74 Å². The van der Waals surface area contributed by atoms with Crippen molar-refractivity contribution < 1.29 is 14.6 Å². The third-order valence-corrected chi connectivity index (χ3v) is 3.46. The molecular formula is C13H26N2O3. The second-order valence-electron chi connectivity index (χ2n) is 4.74. The summed E-state index contributed by atoms with van der Waals surface area (Å²) >= 11 is 0. The Hall–Kier alpha value is -0.810. The molecule has 5 heteroatoms. The lowest BCUT2D eigenvalue weighted by Crippen LogP contribution is -2.48. The normalized spacial score (nSPS) is 18.7. The minimum Gasteiger partial charge on any atom is -0.450 e. The first-order valence-corrected chi connectivity index (χ1v) is 6.99. The van der Waals surface area contributed by atoms with Crippen LogP contribution in [0.4, 0.5) is 4.79 Å². The summed E-state index contributed by atoms with van der Waals surface area (Å²) in [4.78, 5) is 13.3. The molecule has 2 N–H and O–H groups in total. The van der Waals surface area contributed by atoms with E-state index >= 15 is 0 Å². The lowest BCUT2D eigenvalue weighted by Gasteiger charge is -2.33. The number of piperidine rings is 1. The fourth-order valence-corrected chi connectivity index (χ4v) is 2.34. The van der Waals surface area contributed by atoms with Crippen LogP contribution in [0.2, 0.25) is 0 Å². The first-order valence-electron chi connectivity index (χ1n) is 6.99. The molecule has 0 radical (unpaired) electrons. The molecule has 1 unspecified atom stereocenters. The number of carbonyl (C=O) groups is 1. The highest BCUT2D eigenvalue weighted by molar-refractivity contribution is 5.67. The summed E-state index contributed by atoms with van der Waals surface area (Å²) in [6, 6.07) is 0.835. The lowest BCUT2D eigenvalue weighted by molar-refractivity contribution is 0.0937. The summed E-state index contributed by atoms with van der Waals surface area (Å²) in [5, 5.41) is 12.5. The molecule has 0 aromatic rings. The van der Waals surface area contributed by atoms with Crippen LogP contribution < -0.4 is 5.32 Å². The van der Waals surface area contributed by atoms with Crippen LogP contribution in [0.25, 0.3) is 0 Å². The predicted molar refractivity (Wildman–Crippen MR) is 70.5 cm³/mol. The lowest BCUT2D eigenvalue weighted by atomic mass is 10.0. The number of carbonyl (C=O) groups excluding carboxylic acids is 1. The molecule has 0 bridgehead atoms. The summed E-state index contributed by atoms with van der Waals surface area (Å²) in [5.41, 5.74) is 0. The van der Waals surface area contributed by atoms with Crippen LogP contribution in [0.15, 0.2) is 0 Å². The number of hydrogen-bond donors (Lipinski definition) is 2. The summed E-state index contributed by atoms with van der Waals surface area (Å²) in [5.74, 6) is 0. The van der Waals surface area contributed by atoms with E-state index in [2.05, 4.69) is 12.2 Å². The molecule has 1 atom stereocenters. The van der Waals surface area contributed by atoms with Crippen LogP contribution in [0, 0.1) is 0 Å². The van der Waals surface area contributed by atoms with E-state index in [4.69, 9.17) is 9.84 Å². The van der Waals surface area contributed by atoms with Crippen molar-refractivity contribution in [2.75, 3.05) is 26.3 Å². The predicted octanol–water partition coefficient (Wildman–Crippen LogP) is 1.36. The molecule has 18 heavy (non-hydrogen) atoms. The highest BCUT2D eigenvalue weighted by Gasteiger charge is 2.24. The molecule has 0 aromatic heterocycles. The van der Waals surface area contributed by atoms with Gasteiger partial charge in [-0.1, -0.05) is 6.92 Å². The number of aliphatic hydroxyl groups is 1. The summed E-state index contributed by atoms with van der Waals surface area (Å²) in [6.07, 6.45) is 3.55. The van der Waals surface area contributed by atoms with Gasteiger partial charge in [0, 0.05) is 31.8 Å². The Morgan fingerprint density at radius 3 is 2.61 bits per heavy atom. The maximum Gasteiger partial charge on any atom is 0.409 e. The minimum atomic E-state index is -0.196. The largest absolute Gasteiger partial charge is 0.450 e. The average molecular weight is 258 g/mol. The van der Waals surface area contributed by atoms with Gasteiger partial charge >= 0.3 is 6.09 Å². The van der Waals surface area contributed by atoms with Crippen molar-refractivity contribution >= 4 is 6.09 Å².